The summed E-state index contributed by atoms with van der Waals surface area (Å²) < 4.78 is 10.7. The molecule has 1 saturated heterocycles. The molecular formula is C9H13NO2. The van der Waals surface area contributed by atoms with E-state index in [9.17, 15) is 0 Å². The lowest BCUT2D eigenvalue weighted by atomic mass is 10.2. The van der Waals surface area contributed by atoms with Crippen molar-refractivity contribution in [1.29, 1.82) is 0 Å². The molecule has 0 amide bonds. The number of hydrogen-bond acceptors (Lipinski definition) is 3. The predicted molar refractivity (Wildman–Crippen MR) is 44.6 cm³/mol. The van der Waals surface area contributed by atoms with Gasteiger partial charge in [-0.05, 0) is 18.6 Å². The first kappa shape index (κ1) is 7.83. The molecule has 0 saturated carbocycles. The van der Waals surface area contributed by atoms with Crippen molar-refractivity contribution in [3.05, 3.63) is 24.2 Å². The van der Waals surface area contributed by atoms with E-state index in [-0.39, 0.29) is 6.23 Å². The minimum absolute atomic E-state index is 0.0371. The van der Waals surface area contributed by atoms with Gasteiger partial charge in [-0.1, -0.05) is 6.92 Å². The minimum atomic E-state index is -0.0371. The molecule has 1 aromatic rings. The van der Waals surface area contributed by atoms with E-state index in [2.05, 4.69) is 12.2 Å². The SMILES string of the molecule is CC[C@@H]1COC(c2ccco2)N1. The molecule has 0 spiro atoms. The van der Waals surface area contributed by atoms with Gasteiger partial charge in [0.05, 0.1) is 12.9 Å². The van der Waals surface area contributed by atoms with Gasteiger partial charge in [-0.2, -0.15) is 0 Å². The molecule has 1 N–H and O–H groups in total. The topological polar surface area (TPSA) is 34.4 Å². The van der Waals surface area contributed by atoms with Crippen LogP contribution in [0.2, 0.25) is 0 Å². The molecule has 3 heteroatoms. The van der Waals surface area contributed by atoms with E-state index in [1.54, 1.807) is 6.26 Å². The number of furan rings is 1. The van der Waals surface area contributed by atoms with E-state index in [1.807, 2.05) is 12.1 Å². The van der Waals surface area contributed by atoms with Crippen molar-refractivity contribution in [2.45, 2.75) is 25.6 Å². The second-order valence-corrected chi connectivity index (χ2v) is 3.00. The molecule has 0 bridgehead atoms. The smallest absolute Gasteiger partial charge is 0.167 e. The van der Waals surface area contributed by atoms with Crippen LogP contribution in [0.4, 0.5) is 0 Å². The quantitative estimate of drug-likeness (QED) is 0.727. The highest BCUT2D eigenvalue weighted by Gasteiger charge is 2.25. The summed E-state index contributed by atoms with van der Waals surface area (Å²) in [6, 6.07) is 4.27. The number of ether oxygens (including phenoxy) is 1. The zero-order valence-corrected chi connectivity index (χ0v) is 7.12. The molecule has 2 atom stereocenters. The monoisotopic (exact) mass is 167 g/mol. The summed E-state index contributed by atoms with van der Waals surface area (Å²) in [7, 11) is 0. The van der Waals surface area contributed by atoms with Crippen molar-refractivity contribution in [3.63, 3.8) is 0 Å². The molecule has 1 aromatic heterocycles. The van der Waals surface area contributed by atoms with Gasteiger partial charge in [0.15, 0.2) is 6.23 Å². The van der Waals surface area contributed by atoms with Gasteiger partial charge in [0.1, 0.15) is 5.76 Å². The molecule has 1 fully saturated rings. The van der Waals surface area contributed by atoms with Crippen molar-refractivity contribution in [2.24, 2.45) is 0 Å². The fraction of sp³-hybridized carbons (Fsp3) is 0.556. The van der Waals surface area contributed by atoms with Crippen LogP contribution in [0, 0.1) is 0 Å². The summed E-state index contributed by atoms with van der Waals surface area (Å²) in [5.41, 5.74) is 0. The Balaban J connectivity index is 2.00. The highest BCUT2D eigenvalue weighted by Crippen LogP contribution is 2.21. The van der Waals surface area contributed by atoms with Crippen LogP contribution in [-0.2, 0) is 4.74 Å². The lowest BCUT2D eigenvalue weighted by molar-refractivity contribution is 0.0824. The van der Waals surface area contributed by atoms with E-state index >= 15 is 0 Å². The van der Waals surface area contributed by atoms with Gasteiger partial charge in [0.2, 0.25) is 0 Å². The van der Waals surface area contributed by atoms with E-state index in [0.29, 0.717) is 6.04 Å². The van der Waals surface area contributed by atoms with Gasteiger partial charge < -0.3 is 9.15 Å². The van der Waals surface area contributed by atoms with Gasteiger partial charge in [-0.25, -0.2) is 0 Å². The molecule has 3 nitrogen and oxygen atoms in total. The lowest BCUT2D eigenvalue weighted by Gasteiger charge is -2.07. The molecule has 2 heterocycles. The Morgan fingerprint density at radius 3 is 3.17 bits per heavy atom. The molecule has 0 aliphatic carbocycles. The highest BCUT2D eigenvalue weighted by atomic mass is 16.5. The average Bonchev–Trinajstić information content (AvgIpc) is 2.75. The lowest BCUT2D eigenvalue weighted by Crippen LogP contribution is -2.24. The Morgan fingerprint density at radius 1 is 1.67 bits per heavy atom. The summed E-state index contributed by atoms with van der Waals surface area (Å²) in [6.07, 6.45) is 2.72. The Hall–Kier alpha value is -0.800. The van der Waals surface area contributed by atoms with Crippen LogP contribution in [0.25, 0.3) is 0 Å². The van der Waals surface area contributed by atoms with Crippen molar-refractivity contribution in [3.8, 4) is 0 Å². The van der Waals surface area contributed by atoms with E-state index in [1.165, 1.54) is 0 Å². The summed E-state index contributed by atoms with van der Waals surface area (Å²) in [5.74, 6) is 0.867. The largest absolute Gasteiger partial charge is 0.465 e. The summed E-state index contributed by atoms with van der Waals surface area (Å²) in [5, 5.41) is 3.33. The molecule has 1 aliphatic rings. The van der Waals surface area contributed by atoms with Crippen LogP contribution >= 0.6 is 0 Å². The van der Waals surface area contributed by atoms with E-state index in [0.717, 1.165) is 18.8 Å². The van der Waals surface area contributed by atoms with Crippen molar-refractivity contribution in [1.82, 2.24) is 5.32 Å². The Bertz CT molecular complexity index is 233. The second kappa shape index (κ2) is 3.29. The van der Waals surface area contributed by atoms with Crippen LogP contribution in [0.3, 0.4) is 0 Å². The molecule has 0 aromatic carbocycles. The van der Waals surface area contributed by atoms with Gasteiger partial charge in [-0.3, -0.25) is 5.32 Å². The second-order valence-electron chi connectivity index (χ2n) is 3.00. The molecule has 1 aliphatic heterocycles. The minimum Gasteiger partial charge on any atom is -0.465 e. The van der Waals surface area contributed by atoms with Crippen molar-refractivity contribution < 1.29 is 9.15 Å². The fourth-order valence-corrected chi connectivity index (χ4v) is 1.36. The first-order valence-electron chi connectivity index (χ1n) is 4.31. The molecule has 66 valence electrons. The van der Waals surface area contributed by atoms with Crippen LogP contribution in [0.1, 0.15) is 25.3 Å². The van der Waals surface area contributed by atoms with Crippen molar-refractivity contribution >= 4 is 0 Å². The number of rotatable bonds is 2. The maximum absolute atomic E-state index is 5.50. The fourth-order valence-electron chi connectivity index (χ4n) is 1.36. The Morgan fingerprint density at radius 2 is 2.58 bits per heavy atom. The highest BCUT2D eigenvalue weighted by molar-refractivity contribution is 5.03. The van der Waals surface area contributed by atoms with Crippen LogP contribution < -0.4 is 5.32 Å². The summed E-state index contributed by atoms with van der Waals surface area (Å²) in [6.45, 7) is 2.92. The Kier molecular flexibility index (Phi) is 2.15. The van der Waals surface area contributed by atoms with Gasteiger partial charge in [-0.15, -0.1) is 0 Å². The summed E-state index contributed by atoms with van der Waals surface area (Å²) >= 11 is 0. The third-order valence-corrected chi connectivity index (χ3v) is 2.15. The first-order valence-corrected chi connectivity index (χ1v) is 4.31. The predicted octanol–water partition coefficient (Wildman–Crippen LogP) is 1.68. The van der Waals surface area contributed by atoms with E-state index < -0.39 is 0 Å². The van der Waals surface area contributed by atoms with Gasteiger partial charge in [0, 0.05) is 6.04 Å². The number of nitrogens with one attached hydrogen (secondary N) is 1. The van der Waals surface area contributed by atoms with Crippen LogP contribution in [-0.4, -0.2) is 12.6 Å². The Labute approximate surface area is 71.7 Å². The first-order chi connectivity index (χ1) is 5.90. The number of hydrogen-bond donors (Lipinski definition) is 1. The molecule has 1 unspecified atom stereocenters. The standard InChI is InChI=1S/C9H13NO2/c1-2-7-6-12-9(10-7)8-4-3-5-11-8/h3-5,7,9-10H,2,6H2,1H3/t7-,9?/m1/s1. The molecular weight excluding hydrogens is 154 g/mol. The molecule has 12 heavy (non-hydrogen) atoms. The van der Waals surface area contributed by atoms with Gasteiger partial charge >= 0.3 is 0 Å². The van der Waals surface area contributed by atoms with Gasteiger partial charge in [0.25, 0.3) is 0 Å². The molecule has 0 radical (unpaired) electrons. The van der Waals surface area contributed by atoms with Crippen LogP contribution in [0.15, 0.2) is 22.8 Å². The molecule has 2 rings (SSSR count). The normalized spacial score (nSPS) is 29.4. The zero-order chi connectivity index (χ0) is 8.39. The maximum atomic E-state index is 5.50. The third kappa shape index (κ3) is 1.38. The van der Waals surface area contributed by atoms with Crippen molar-refractivity contribution in [2.75, 3.05) is 6.61 Å². The zero-order valence-electron chi connectivity index (χ0n) is 7.12. The van der Waals surface area contributed by atoms with Crippen LogP contribution in [0.5, 0.6) is 0 Å². The summed E-state index contributed by atoms with van der Waals surface area (Å²) in [4.78, 5) is 0. The average molecular weight is 167 g/mol. The maximum Gasteiger partial charge on any atom is 0.167 e. The van der Waals surface area contributed by atoms with E-state index in [4.69, 9.17) is 9.15 Å². The third-order valence-electron chi connectivity index (χ3n) is 2.15.